The van der Waals surface area contributed by atoms with Gasteiger partial charge in [0.2, 0.25) is 0 Å². The summed E-state index contributed by atoms with van der Waals surface area (Å²) in [6, 6.07) is 14.5. The average Bonchev–Trinajstić information content (AvgIpc) is 3.47. The molecular weight excluding hydrogens is 388 g/mol. The van der Waals surface area contributed by atoms with Crippen molar-refractivity contribution in [1.29, 1.82) is 0 Å². The monoisotopic (exact) mass is 408 g/mol. The van der Waals surface area contributed by atoms with Gasteiger partial charge in [0.25, 0.3) is 11.8 Å². The van der Waals surface area contributed by atoms with Gasteiger partial charge in [-0.1, -0.05) is 19.1 Å². The Morgan fingerprint density at radius 2 is 2.00 bits per heavy atom. The highest BCUT2D eigenvalue weighted by Crippen LogP contribution is 2.34. The van der Waals surface area contributed by atoms with Gasteiger partial charge in [-0.25, -0.2) is 0 Å². The molecule has 1 N–H and O–H groups in total. The quantitative estimate of drug-likeness (QED) is 0.555. The first-order valence-corrected chi connectivity index (χ1v) is 10.2. The topological polar surface area (TPSA) is 71.8 Å². The normalized spacial score (nSPS) is 14.0. The van der Waals surface area contributed by atoms with Crippen LogP contribution in [0.3, 0.4) is 0 Å². The lowest BCUT2D eigenvalue weighted by molar-refractivity contribution is -0.137. The number of ether oxygens (including phenoxy) is 1. The maximum absolute atomic E-state index is 13.1. The van der Waals surface area contributed by atoms with Gasteiger partial charge in [0.1, 0.15) is 17.2 Å². The Hall–Kier alpha value is -3.32. The van der Waals surface area contributed by atoms with Crippen LogP contribution in [0.1, 0.15) is 24.0 Å². The van der Waals surface area contributed by atoms with Crippen LogP contribution in [0.5, 0.6) is 5.75 Å². The molecule has 0 radical (unpaired) electrons. The summed E-state index contributed by atoms with van der Waals surface area (Å²) in [6.45, 7) is 2.74. The Morgan fingerprint density at radius 3 is 2.72 bits per heavy atom. The summed E-state index contributed by atoms with van der Waals surface area (Å²) in [5.74, 6) is 0.539. The van der Waals surface area contributed by atoms with Crippen molar-refractivity contribution in [2.45, 2.75) is 19.9 Å². The van der Waals surface area contributed by atoms with Crippen LogP contribution in [0.4, 0.5) is 5.69 Å². The summed E-state index contributed by atoms with van der Waals surface area (Å²) in [7, 11) is 0. The Labute approximate surface area is 172 Å². The lowest BCUT2D eigenvalue weighted by atomic mass is 10.2. The van der Waals surface area contributed by atoms with E-state index in [0.717, 1.165) is 11.3 Å². The molecule has 3 aromatic rings. The van der Waals surface area contributed by atoms with E-state index in [9.17, 15) is 9.59 Å². The molecule has 0 fully saturated rings. The van der Waals surface area contributed by atoms with Gasteiger partial charge in [-0.05, 0) is 42.1 Å². The van der Waals surface area contributed by atoms with Gasteiger partial charge >= 0.3 is 0 Å². The number of nitrogens with one attached hydrogen (secondary N) is 1. The van der Waals surface area contributed by atoms with Gasteiger partial charge in [0.15, 0.2) is 0 Å². The number of anilines is 1. The Kier molecular flexibility index (Phi) is 5.48. The van der Waals surface area contributed by atoms with E-state index in [2.05, 4.69) is 5.32 Å². The van der Waals surface area contributed by atoms with Gasteiger partial charge in [-0.2, -0.15) is 0 Å². The molecule has 1 aliphatic heterocycles. The highest BCUT2D eigenvalue weighted by atomic mass is 32.1. The Bertz CT molecular complexity index is 1040. The lowest BCUT2D eigenvalue weighted by Gasteiger charge is -2.14. The van der Waals surface area contributed by atoms with Crippen molar-refractivity contribution in [2.24, 2.45) is 0 Å². The zero-order valence-electron chi connectivity index (χ0n) is 15.9. The van der Waals surface area contributed by atoms with Gasteiger partial charge in [0, 0.05) is 16.6 Å². The van der Waals surface area contributed by atoms with E-state index in [1.54, 1.807) is 12.1 Å². The second kappa shape index (κ2) is 8.36. The first-order valence-electron chi connectivity index (χ1n) is 9.34. The fourth-order valence-electron chi connectivity index (χ4n) is 3.07. The van der Waals surface area contributed by atoms with Crippen LogP contribution in [0, 0.1) is 0 Å². The smallest absolute Gasteiger partial charge is 0.278 e. The fourth-order valence-corrected chi connectivity index (χ4v) is 3.84. The predicted molar refractivity (Wildman–Crippen MR) is 111 cm³/mol. The van der Waals surface area contributed by atoms with E-state index in [0.29, 0.717) is 29.4 Å². The first-order chi connectivity index (χ1) is 14.2. The van der Waals surface area contributed by atoms with Crippen molar-refractivity contribution in [3.63, 3.8) is 0 Å². The molecule has 6 nitrogen and oxygen atoms in total. The van der Waals surface area contributed by atoms with Gasteiger partial charge in [-0.15, -0.1) is 11.3 Å². The second-order valence-electron chi connectivity index (χ2n) is 6.50. The molecule has 0 atom stereocenters. The van der Waals surface area contributed by atoms with E-state index in [1.165, 1.54) is 22.5 Å². The number of carbonyl (C=O) groups is 2. The Balaban J connectivity index is 1.66. The molecule has 0 saturated carbocycles. The number of benzene rings is 1. The highest BCUT2D eigenvalue weighted by molar-refractivity contribution is 7.11. The van der Waals surface area contributed by atoms with Crippen LogP contribution in [-0.4, -0.2) is 23.3 Å². The molecule has 7 heteroatoms. The maximum atomic E-state index is 13.1. The van der Waals surface area contributed by atoms with Crippen molar-refractivity contribution < 1.29 is 18.7 Å². The molecule has 0 unspecified atom stereocenters. The molecule has 0 spiro atoms. The molecule has 148 valence electrons. The number of hydrogen-bond donors (Lipinski definition) is 1. The largest absolute Gasteiger partial charge is 0.494 e. The lowest BCUT2D eigenvalue weighted by Crippen LogP contribution is -2.31. The summed E-state index contributed by atoms with van der Waals surface area (Å²) in [4.78, 5) is 28.2. The van der Waals surface area contributed by atoms with Crippen LogP contribution in [0.25, 0.3) is 5.57 Å². The number of imide groups is 1. The summed E-state index contributed by atoms with van der Waals surface area (Å²) >= 11 is 1.42. The van der Waals surface area contributed by atoms with Crippen LogP contribution in [-0.2, 0) is 16.1 Å². The van der Waals surface area contributed by atoms with Crippen LogP contribution in [0.2, 0.25) is 0 Å². The second-order valence-corrected chi connectivity index (χ2v) is 7.45. The zero-order chi connectivity index (χ0) is 20.2. The molecular formula is C22H20N2O4S. The third-order valence-electron chi connectivity index (χ3n) is 4.41. The summed E-state index contributed by atoms with van der Waals surface area (Å²) in [5, 5.41) is 5.03. The standard InChI is InChI=1S/C22H20N2O4S/c1-2-10-27-16-7-3-6-15(13-16)23-20-19(18-9-5-12-29-18)21(25)24(22(20)26)14-17-8-4-11-28-17/h3-9,11-13,23H,2,10,14H2,1H3. The number of amides is 2. The average molecular weight is 408 g/mol. The SMILES string of the molecule is CCCOc1cccc(NC2=C(c3cccs3)C(=O)N(Cc3ccco3)C2=O)c1. The summed E-state index contributed by atoms with van der Waals surface area (Å²) in [5.41, 5.74) is 1.32. The van der Waals surface area contributed by atoms with Crippen molar-refractivity contribution in [2.75, 3.05) is 11.9 Å². The Morgan fingerprint density at radius 1 is 1.10 bits per heavy atom. The van der Waals surface area contributed by atoms with E-state index < -0.39 is 0 Å². The zero-order valence-corrected chi connectivity index (χ0v) is 16.7. The molecule has 2 aromatic heterocycles. The molecule has 29 heavy (non-hydrogen) atoms. The first kappa shape index (κ1) is 19.0. The van der Waals surface area contributed by atoms with Crippen LogP contribution >= 0.6 is 11.3 Å². The molecule has 0 bridgehead atoms. The van der Waals surface area contributed by atoms with Crippen molar-refractivity contribution in [1.82, 2.24) is 4.90 Å². The minimum Gasteiger partial charge on any atom is -0.494 e. The van der Waals surface area contributed by atoms with Crippen LogP contribution < -0.4 is 10.1 Å². The molecule has 0 saturated heterocycles. The van der Waals surface area contributed by atoms with E-state index in [-0.39, 0.29) is 24.1 Å². The number of nitrogens with zero attached hydrogens (tertiary/aromatic N) is 1. The predicted octanol–water partition coefficient (Wildman–Crippen LogP) is 4.52. The van der Waals surface area contributed by atoms with Gasteiger partial charge in [-0.3, -0.25) is 14.5 Å². The number of carbonyl (C=O) groups excluding carboxylic acids is 2. The van der Waals surface area contributed by atoms with E-state index in [1.807, 2.05) is 48.7 Å². The van der Waals surface area contributed by atoms with E-state index in [4.69, 9.17) is 9.15 Å². The minimum atomic E-state index is -0.380. The number of furan rings is 1. The third kappa shape index (κ3) is 3.95. The molecule has 0 aliphatic carbocycles. The van der Waals surface area contributed by atoms with E-state index >= 15 is 0 Å². The molecule has 3 heterocycles. The van der Waals surface area contributed by atoms with Crippen molar-refractivity contribution in [3.05, 3.63) is 76.5 Å². The van der Waals surface area contributed by atoms with Gasteiger partial charge < -0.3 is 14.5 Å². The van der Waals surface area contributed by atoms with Crippen LogP contribution in [0.15, 0.2) is 70.3 Å². The number of thiophene rings is 1. The summed E-state index contributed by atoms with van der Waals surface area (Å²) < 4.78 is 11.0. The fraction of sp³-hybridized carbons (Fsp3) is 0.182. The number of hydrogen-bond acceptors (Lipinski definition) is 6. The van der Waals surface area contributed by atoms with Gasteiger partial charge in [0.05, 0.1) is 25.0 Å². The molecule has 2 amide bonds. The molecule has 1 aromatic carbocycles. The number of rotatable bonds is 8. The molecule has 4 rings (SSSR count). The summed E-state index contributed by atoms with van der Waals surface area (Å²) in [6.07, 6.45) is 2.43. The maximum Gasteiger partial charge on any atom is 0.278 e. The van der Waals surface area contributed by atoms with Crippen molar-refractivity contribution >= 4 is 34.4 Å². The highest BCUT2D eigenvalue weighted by Gasteiger charge is 2.40. The van der Waals surface area contributed by atoms with Crippen molar-refractivity contribution in [3.8, 4) is 5.75 Å². The minimum absolute atomic E-state index is 0.0877. The molecule has 1 aliphatic rings. The third-order valence-corrected chi connectivity index (χ3v) is 5.29.